The monoisotopic (exact) mass is 197 g/mol. The highest BCUT2D eigenvalue weighted by Gasteiger charge is 2.31. The van der Waals surface area contributed by atoms with E-state index in [1.54, 1.807) is 18.2 Å². The zero-order chi connectivity index (χ0) is 10.1. The zero-order valence-corrected chi connectivity index (χ0v) is 7.36. The second kappa shape index (κ2) is 3.14. The van der Waals surface area contributed by atoms with Gasteiger partial charge in [0.1, 0.15) is 0 Å². The van der Waals surface area contributed by atoms with Gasteiger partial charge >= 0.3 is 5.97 Å². The summed E-state index contributed by atoms with van der Waals surface area (Å²) in [6.07, 6.45) is -0.150. The summed E-state index contributed by atoms with van der Waals surface area (Å²) in [5.74, 6) is -1.72. The minimum atomic E-state index is -0.957. The lowest BCUT2D eigenvalue weighted by Gasteiger charge is -2.03. The van der Waals surface area contributed by atoms with E-state index in [0.717, 1.165) is 11.3 Å². The van der Waals surface area contributed by atoms with Crippen molar-refractivity contribution in [3.63, 3.8) is 0 Å². The molecule has 1 aliphatic heterocycles. The minimum absolute atomic E-state index is 0.150. The minimum Gasteiger partial charge on any atom is -0.481 e. The van der Waals surface area contributed by atoms with Gasteiger partial charge in [-0.3, -0.25) is 9.59 Å². The SMILES string of the molecule is O=C(O)CC1C(=O)N[13c]2[13cH][13cH][13cH][13cH][13c]21. The van der Waals surface area contributed by atoms with Crippen molar-refractivity contribution in [1.29, 1.82) is 0 Å². The van der Waals surface area contributed by atoms with E-state index in [-0.39, 0.29) is 12.3 Å². The first-order valence-electron chi connectivity index (χ1n) is 4.30. The van der Waals surface area contributed by atoms with Crippen LogP contribution >= 0.6 is 0 Å². The van der Waals surface area contributed by atoms with E-state index in [0.29, 0.717) is 0 Å². The van der Waals surface area contributed by atoms with Crippen LogP contribution in [0, 0.1) is 0 Å². The van der Waals surface area contributed by atoms with E-state index in [2.05, 4.69) is 5.32 Å². The van der Waals surface area contributed by atoms with Crippen molar-refractivity contribution in [2.75, 3.05) is 5.32 Å². The summed E-state index contributed by atoms with van der Waals surface area (Å²) in [5, 5.41) is 11.3. The molecule has 1 unspecified atom stereocenters. The molecule has 0 saturated carbocycles. The maximum Gasteiger partial charge on any atom is 0.304 e. The first-order valence-corrected chi connectivity index (χ1v) is 4.30. The first-order chi connectivity index (χ1) is 6.68. The van der Waals surface area contributed by atoms with Crippen LogP contribution in [-0.2, 0) is 9.59 Å². The summed E-state index contributed by atoms with van der Waals surface area (Å²) in [5.41, 5.74) is 1.50. The molecule has 2 N–H and O–H groups in total. The van der Waals surface area contributed by atoms with Gasteiger partial charge in [0.2, 0.25) is 5.91 Å². The van der Waals surface area contributed by atoms with E-state index < -0.39 is 11.9 Å². The summed E-state index contributed by atoms with van der Waals surface area (Å²) in [6, 6.07) is 7.16. The summed E-state index contributed by atoms with van der Waals surface area (Å²) < 4.78 is 0. The molecule has 0 saturated heterocycles. The zero-order valence-electron chi connectivity index (χ0n) is 7.36. The Balaban J connectivity index is 2.34. The Morgan fingerprint density at radius 1 is 1.43 bits per heavy atom. The smallest absolute Gasteiger partial charge is 0.304 e. The summed E-state index contributed by atoms with van der Waals surface area (Å²) in [7, 11) is 0. The molecule has 1 heterocycles. The molecule has 0 fully saturated rings. The highest BCUT2D eigenvalue weighted by atomic mass is 16.4. The van der Waals surface area contributed by atoms with Crippen LogP contribution in [0.3, 0.4) is 0 Å². The topological polar surface area (TPSA) is 66.4 Å². The number of amides is 1. The Morgan fingerprint density at radius 3 is 2.86 bits per heavy atom. The van der Waals surface area contributed by atoms with Crippen LogP contribution in [0.2, 0.25) is 0 Å². The Kier molecular flexibility index (Phi) is 1.96. The van der Waals surface area contributed by atoms with Crippen molar-refractivity contribution < 1.29 is 14.7 Å². The van der Waals surface area contributed by atoms with Crippen LogP contribution in [-0.4, -0.2) is 17.0 Å². The van der Waals surface area contributed by atoms with E-state index in [9.17, 15) is 9.59 Å². The number of rotatable bonds is 2. The number of nitrogens with one attached hydrogen (secondary N) is 1. The Morgan fingerprint density at radius 2 is 2.14 bits per heavy atom. The van der Waals surface area contributed by atoms with Crippen LogP contribution < -0.4 is 5.32 Å². The third-order valence-electron chi connectivity index (χ3n) is 2.29. The number of para-hydroxylation sites is 1. The second-order valence-electron chi connectivity index (χ2n) is 3.23. The average molecular weight is 197 g/mol. The van der Waals surface area contributed by atoms with Gasteiger partial charge in [0.05, 0.1) is 12.3 Å². The number of hydrogen-bond donors (Lipinski definition) is 2. The number of benzene rings is 1. The molecule has 0 bridgehead atoms. The van der Waals surface area contributed by atoms with Crippen molar-refractivity contribution >= 4 is 17.6 Å². The molecule has 72 valence electrons. The molecule has 14 heavy (non-hydrogen) atoms. The van der Waals surface area contributed by atoms with Gasteiger partial charge in [0, 0.05) is 5.69 Å². The molecular formula is C10H9NO3. The van der Waals surface area contributed by atoms with Crippen molar-refractivity contribution in [3.05, 3.63) is 29.8 Å². The van der Waals surface area contributed by atoms with Gasteiger partial charge in [-0.2, -0.15) is 0 Å². The predicted octanol–water partition coefficient (Wildman–Crippen LogP) is 1.20. The third-order valence-corrected chi connectivity index (χ3v) is 2.29. The molecule has 1 amide bonds. The van der Waals surface area contributed by atoms with Crippen LogP contribution in [0.15, 0.2) is 24.3 Å². The van der Waals surface area contributed by atoms with Crippen LogP contribution in [0.4, 0.5) is 5.69 Å². The number of carboxylic acids is 1. The van der Waals surface area contributed by atoms with Gasteiger partial charge in [-0.1, -0.05) is 18.2 Å². The lowest BCUT2D eigenvalue weighted by Crippen LogP contribution is -2.15. The van der Waals surface area contributed by atoms with E-state index in [1.807, 2.05) is 6.07 Å². The van der Waals surface area contributed by atoms with Crippen LogP contribution in [0.1, 0.15) is 17.9 Å². The van der Waals surface area contributed by atoms with Crippen molar-refractivity contribution in [2.24, 2.45) is 0 Å². The fourth-order valence-corrected chi connectivity index (χ4v) is 1.65. The number of carboxylic acid groups (broad SMARTS) is 1. The predicted molar refractivity (Wildman–Crippen MR) is 50.1 cm³/mol. The molecule has 0 radical (unpaired) electrons. The van der Waals surface area contributed by atoms with Gasteiger partial charge < -0.3 is 10.4 Å². The lowest BCUT2D eigenvalue weighted by atomic mass is 10.2. The summed E-state index contributed by atoms with van der Waals surface area (Å²) in [6.45, 7) is 0. The number of anilines is 1. The lowest BCUT2D eigenvalue weighted by molar-refractivity contribution is -0.138. The summed E-state index contributed by atoms with van der Waals surface area (Å²) >= 11 is 0. The number of carbonyl (C=O) groups excluding carboxylic acids is 1. The van der Waals surface area contributed by atoms with Gasteiger partial charge in [-0.25, -0.2) is 0 Å². The Bertz CT molecular complexity index is 400. The highest BCUT2D eigenvalue weighted by molar-refractivity contribution is 6.04. The molecule has 4 nitrogen and oxygen atoms in total. The standard InChI is InChI=1S/C10H9NO3/c12-9(13)5-7-6-3-1-2-4-8(6)11-10(7)14/h1-4,7H,5H2,(H,11,14)(H,12,13)/i1+1,2+1,3+1,4+1,6+1,8+1. The number of aliphatic carboxylic acids is 1. The van der Waals surface area contributed by atoms with E-state index >= 15 is 0 Å². The molecular weight excluding hydrogens is 188 g/mol. The number of carbonyl (C=O) groups is 2. The fraction of sp³-hybridized carbons (Fsp3) is 0.200. The molecule has 1 aromatic carbocycles. The molecule has 2 rings (SSSR count). The molecule has 4 heteroatoms. The summed E-state index contributed by atoms with van der Waals surface area (Å²) in [4.78, 5) is 21.9. The molecule has 0 aliphatic carbocycles. The highest BCUT2D eigenvalue weighted by Crippen LogP contribution is 2.33. The molecule has 0 aromatic heterocycles. The Labute approximate surface area is 80.6 Å². The van der Waals surface area contributed by atoms with Crippen molar-refractivity contribution in [2.45, 2.75) is 12.3 Å². The third kappa shape index (κ3) is 1.35. The molecule has 1 atom stereocenters. The van der Waals surface area contributed by atoms with Gasteiger partial charge in [0.15, 0.2) is 0 Å². The van der Waals surface area contributed by atoms with Crippen molar-refractivity contribution in [3.8, 4) is 0 Å². The quantitative estimate of drug-likeness (QED) is 0.748. The Hall–Kier alpha value is -1.84. The largest absolute Gasteiger partial charge is 0.481 e. The second-order valence-corrected chi connectivity index (χ2v) is 3.23. The van der Waals surface area contributed by atoms with Crippen LogP contribution in [0.25, 0.3) is 0 Å². The number of fused-ring (bicyclic) bond motifs is 1. The van der Waals surface area contributed by atoms with E-state index in [4.69, 9.17) is 5.11 Å². The molecule has 0 spiro atoms. The van der Waals surface area contributed by atoms with Gasteiger partial charge in [0.25, 0.3) is 0 Å². The average Bonchev–Trinajstić information content (AvgIpc) is 2.43. The normalized spacial score (nSPS) is 18.9. The maximum absolute atomic E-state index is 11.4. The van der Waals surface area contributed by atoms with E-state index in [1.165, 1.54) is 0 Å². The first kappa shape index (κ1) is 8.74. The van der Waals surface area contributed by atoms with Crippen molar-refractivity contribution in [1.82, 2.24) is 0 Å². The molecule has 1 aliphatic rings. The van der Waals surface area contributed by atoms with Crippen LogP contribution in [0.5, 0.6) is 0 Å². The fourth-order valence-electron chi connectivity index (χ4n) is 1.65. The van der Waals surface area contributed by atoms with Gasteiger partial charge in [-0.15, -0.1) is 0 Å². The number of hydrogen-bond acceptors (Lipinski definition) is 2. The molecule has 1 aromatic rings. The van der Waals surface area contributed by atoms with Gasteiger partial charge in [-0.05, 0) is 11.6 Å². The maximum atomic E-state index is 11.4.